The van der Waals surface area contributed by atoms with Crippen LogP contribution in [0.4, 0.5) is 5.69 Å². The topological polar surface area (TPSA) is 41.6 Å². The first kappa shape index (κ1) is 16.6. The molecular weight excluding hydrogens is 332 g/mol. The van der Waals surface area contributed by atoms with E-state index >= 15 is 0 Å². The smallest absolute Gasteiger partial charge is 0.224 e. The Hall–Kier alpha value is -1.85. The predicted molar refractivity (Wildman–Crippen MR) is 101 cm³/mol. The highest BCUT2D eigenvalue weighted by Gasteiger charge is 2.17. The van der Waals surface area contributed by atoms with Crippen LogP contribution in [-0.4, -0.2) is 30.5 Å². The summed E-state index contributed by atoms with van der Waals surface area (Å²) in [5.74, 6) is 0.947. The van der Waals surface area contributed by atoms with Gasteiger partial charge in [-0.15, -0.1) is 11.3 Å². The fourth-order valence-corrected chi connectivity index (χ4v) is 4.52. The number of benzene rings is 1. The molecule has 0 saturated heterocycles. The van der Waals surface area contributed by atoms with Crippen molar-refractivity contribution < 1.29 is 9.53 Å². The lowest BCUT2D eigenvalue weighted by Gasteiger charge is -2.26. The Morgan fingerprint density at radius 2 is 2.08 bits per heavy atom. The van der Waals surface area contributed by atoms with E-state index in [-0.39, 0.29) is 5.91 Å². The second kappa shape index (κ2) is 7.58. The van der Waals surface area contributed by atoms with Crippen molar-refractivity contribution in [2.75, 3.05) is 25.0 Å². The van der Waals surface area contributed by atoms with Gasteiger partial charge >= 0.3 is 0 Å². The fourth-order valence-electron chi connectivity index (χ4n) is 3.55. The maximum atomic E-state index is 11.5. The quantitative estimate of drug-likeness (QED) is 0.800. The van der Waals surface area contributed by atoms with E-state index in [0.29, 0.717) is 6.42 Å². The molecule has 2 aliphatic heterocycles. The average molecular weight is 356 g/mol. The molecule has 1 aromatic carbocycles. The number of nitrogens with one attached hydrogen (secondary N) is 1. The van der Waals surface area contributed by atoms with E-state index in [1.807, 2.05) is 23.5 Å². The molecule has 1 aromatic heterocycles. The number of carbonyl (C=O) groups is 1. The van der Waals surface area contributed by atoms with Crippen molar-refractivity contribution in [2.45, 2.75) is 38.6 Å². The lowest BCUT2D eigenvalue weighted by Crippen LogP contribution is -2.30. The summed E-state index contributed by atoms with van der Waals surface area (Å²) in [4.78, 5) is 15.6. The van der Waals surface area contributed by atoms with Gasteiger partial charge in [-0.2, -0.15) is 0 Å². The number of anilines is 1. The van der Waals surface area contributed by atoms with Gasteiger partial charge in [-0.05, 0) is 60.9 Å². The van der Waals surface area contributed by atoms with Crippen LogP contribution in [0.25, 0.3) is 0 Å². The third-order valence-corrected chi connectivity index (χ3v) is 5.96. The van der Waals surface area contributed by atoms with Crippen molar-refractivity contribution in [1.82, 2.24) is 4.90 Å². The van der Waals surface area contributed by atoms with Crippen LogP contribution in [0.3, 0.4) is 0 Å². The highest BCUT2D eigenvalue weighted by molar-refractivity contribution is 7.10. The summed E-state index contributed by atoms with van der Waals surface area (Å²) in [5.41, 5.74) is 3.66. The van der Waals surface area contributed by atoms with Gasteiger partial charge in [0.1, 0.15) is 5.75 Å². The van der Waals surface area contributed by atoms with Gasteiger partial charge < -0.3 is 10.1 Å². The number of unbranched alkanes of at least 4 members (excludes halogenated alkanes) is 1. The molecule has 0 bridgehead atoms. The Kier molecular flexibility index (Phi) is 5.04. The molecule has 0 unspecified atom stereocenters. The molecule has 0 fully saturated rings. The van der Waals surface area contributed by atoms with E-state index in [4.69, 9.17) is 4.74 Å². The second-order valence-corrected chi connectivity index (χ2v) is 7.82. The molecule has 0 atom stereocenters. The number of hydrogen-bond donors (Lipinski definition) is 1. The van der Waals surface area contributed by atoms with Gasteiger partial charge in [-0.1, -0.05) is 6.07 Å². The average Bonchev–Trinajstić information content (AvgIpc) is 3.09. The van der Waals surface area contributed by atoms with Crippen molar-refractivity contribution in [1.29, 1.82) is 0 Å². The predicted octanol–water partition coefficient (Wildman–Crippen LogP) is 3.85. The van der Waals surface area contributed by atoms with E-state index in [9.17, 15) is 4.79 Å². The molecule has 5 heteroatoms. The molecule has 2 aliphatic rings. The minimum atomic E-state index is 0.0973. The van der Waals surface area contributed by atoms with Crippen molar-refractivity contribution in [2.24, 2.45) is 0 Å². The summed E-state index contributed by atoms with van der Waals surface area (Å²) in [7, 11) is 0. The Balaban J connectivity index is 1.19. The van der Waals surface area contributed by atoms with Crippen LogP contribution in [0.1, 0.15) is 35.3 Å². The monoisotopic (exact) mass is 356 g/mol. The minimum Gasteiger partial charge on any atom is -0.494 e. The summed E-state index contributed by atoms with van der Waals surface area (Å²) in [6.07, 6.45) is 4.80. The zero-order chi connectivity index (χ0) is 17.1. The van der Waals surface area contributed by atoms with Gasteiger partial charge in [0.15, 0.2) is 0 Å². The lowest BCUT2D eigenvalue weighted by atomic mass is 10.0. The number of fused-ring (bicyclic) bond motifs is 2. The SMILES string of the molecule is O=C1CCc2ccc(OCCCCN3CCc4ccsc4C3)cc2N1. The molecule has 3 heterocycles. The molecular formula is C20H24N2O2S. The third kappa shape index (κ3) is 4.05. The van der Waals surface area contributed by atoms with Crippen molar-refractivity contribution in [3.8, 4) is 5.75 Å². The molecule has 4 rings (SSSR count). The molecule has 2 aromatic rings. The highest BCUT2D eigenvalue weighted by Crippen LogP contribution is 2.27. The Bertz CT molecular complexity index is 756. The van der Waals surface area contributed by atoms with E-state index in [1.165, 1.54) is 18.5 Å². The van der Waals surface area contributed by atoms with Crippen molar-refractivity contribution >= 4 is 22.9 Å². The Labute approximate surface area is 152 Å². The standard InChI is InChI=1S/C20H24N2O2S/c23-20-6-4-15-3-5-17(13-18(15)21-20)24-11-2-1-9-22-10-7-16-8-12-25-19(16)14-22/h3,5,8,12-13H,1-2,4,6-7,9-11,14H2,(H,21,23). The third-order valence-electron chi connectivity index (χ3n) is 5.02. The molecule has 4 nitrogen and oxygen atoms in total. The summed E-state index contributed by atoms with van der Waals surface area (Å²) >= 11 is 1.89. The normalized spacial score (nSPS) is 16.9. The summed E-state index contributed by atoms with van der Waals surface area (Å²) in [6.45, 7) is 4.15. The zero-order valence-corrected chi connectivity index (χ0v) is 15.2. The fraction of sp³-hybridized carbons (Fsp3) is 0.450. The lowest BCUT2D eigenvalue weighted by molar-refractivity contribution is -0.116. The van der Waals surface area contributed by atoms with Crippen LogP contribution in [0.15, 0.2) is 29.6 Å². The van der Waals surface area contributed by atoms with Crippen LogP contribution < -0.4 is 10.1 Å². The molecule has 0 aliphatic carbocycles. The minimum absolute atomic E-state index is 0.0973. The van der Waals surface area contributed by atoms with Gasteiger partial charge in [0.25, 0.3) is 0 Å². The molecule has 25 heavy (non-hydrogen) atoms. The summed E-state index contributed by atoms with van der Waals surface area (Å²) in [6, 6.07) is 8.30. The van der Waals surface area contributed by atoms with Crippen molar-refractivity contribution in [3.05, 3.63) is 45.6 Å². The van der Waals surface area contributed by atoms with Crippen LogP contribution >= 0.6 is 11.3 Å². The van der Waals surface area contributed by atoms with Gasteiger partial charge in [0, 0.05) is 36.1 Å². The maximum Gasteiger partial charge on any atom is 0.224 e. The summed E-state index contributed by atoms with van der Waals surface area (Å²) in [5, 5.41) is 5.14. The first-order chi connectivity index (χ1) is 12.3. The number of rotatable bonds is 6. The number of carbonyl (C=O) groups excluding carboxylic acids is 1. The molecule has 1 amide bonds. The van der Waals surface area contributed by atoms with Gasteiger partial charge in [0.2, 0.25) is 5.91 Å². The Morgan fingerprint density at radius 3 is 3.04 bits per heavy atom. The van der Waals surface area contributed by atoms with E-state index in [0.717, 1.165) is 50.4 Å². The molecule has 0 radical (unpaired) electrons. The molecule has 1 N–H and O–H groups in total. The number of amides is 1. The zero-order valence-electron chi connectivity index (χ0n) is 14.4. The van der Waals surface area contributed by atoms with E-state index in [1.54, 1.807) is 10.4 Å². The second-order valence-electron chi connectivity index (χ2n) is 6.82. The highest BCUT2D eigenvalue weighted by atomic mass is 32.1. The number of thiophene rings is 1. The van der Waals surface area contributed by atoms with Crippen LogP contribution in [0.5, 0.6) is 5.75 Å². The number of aryl methyl sites for hydroxylation is 1. The number of hydrogen-bond acceptors (Lipinski definition) is 4. The van der Waals surface area contributed by atoms with Crippen LogP contribution in [0, 0.1) is 0 Å². The first-order valence-corrected chi connectivity index (χ1v) is 9.99. The molecule has 0 spiro atoms. The van der Waals surface area contributed by atoms with Crippen LogP contribution in [0.2, 0.25) is 0 Å². The van der Waals surface area contributed by atoms with Crippen LogP contribution in [-0.2, 0) is 24.2 Å². The van der Waals surface area contributed by atoms with Gasteiger partial charge in [-0.3, -0.25) is 9.69 Å². The number of nitrogens with zero attached hydrogens (tertiary/aromatic N) is 1. The number of ether oxygens (including phenoxy) is 1. The van der Waals surface area contributed by atoms with E-state index < -0.39 is 0 Å². The molecule has 132 valence electrons. The van der Waals surface area contributed by atoms with E-state index in [2.05, 4.69) is 27.7 Å². The maximum absolute atomic E-state index is 11.5. The summed E-state index contributed by atoms with van der Waals surface area (Å²) < 4.78 is 5.87. The van der Waals surface area contributed by atoms with Gasteiger partial charge in [-0.25, -0.2) is 0 Å². The molecule has 0 saturated carbocycles. The first-order valence-electron chi connectivity index (χ1n) is 9.11. The van der Waals surface area contributed by atoms with Crippen molar-refractivity contribution in [3.63, 3.8) is 0 Å². The largest absolute Gasteiger partial charge is 0.494 e. The van der Waals surface area contributed by atoms with Gasteiger partial charge in [0.05, 0.1) is 6.61 Å². The Morgan fingerprint density at radius 1 is 1.12 bits per heavy atom.